The molecule has 0 aliphatic heterocycles. The van der Waals surface area contributed by atoms with E-state index in [1.807, 2.05) is 0 Å². The molecule has 0 radical (unpaired) electrons. The largest absolute Gasteiger partial charge is 0.412 e. The van der Waals surface area contributed by atoms with E-state index in [1.165, 1.54) is 88.2 Å². The predicted octanol–water partition coefficient (Wildman–Crippen LogP) is 9.36. The van der Waals surface area contributed by atoms with Gasteiger partial charge in [0.2, 0.25) is 0 Å². The van der Waals surface area contributed by atoms with E-state index in [2.05, 4.69) is 89.5 Å². The monoisotopic (exact) mass is 843 g/mol. The fourth-order valence-electron chi connectivity index (χ4n) is 13.3. The van der Waals surface area contributed by atoms with Gasteiger partial charge in [0, 0.05) is 12.8 Å². The van der Waals surface area contributed by atoms with E-state index in [4.69, 9.17) is 0 Å². The summed E-state index contributed by atoms with van der Waals surface area (Å²) < 4.78 is 0. The van der Waals surface area contributed by atoms with Crippen molar-refractivity contribution in [2.45, 2.75) is 180 Å². The topological polar surface area (TPSA) is 153 Å². The number of fused-ring (bicyclic) bond motifs is 2. The number of rotatable bonds is 10. The van der Waals surface area contributed by atoms with Crippen LogP contribution in [0.3, 0.4) is 0 Å². The maximum absolute atomic E-state index is 10.2. The minimum atomic E-state index is -0.621. The van der Waals surface area contributed by atoms with Crippen LogP contribution in [-0.4, -0.2) is 72.7 Å². The molecule has 0 aromatic heterocycles. The van der Waals surface area contributed by atoms with Crippen LogP contribution in [0.25, 0.3) is 0 Å². The third-order valence-corrected chi connectivity index (χ3v) is 17.3. The lowest BCUT2D eigenvalue weighted by Gasteiger charge is -2.44. The van der Waals surface area contributed by atoms with Crippen LogP contribution in [0.2, 0.25) is 0 Å². The summed E-state index contributed by atoms with van der Waals surface area (Å²) >= 11 is 0. The summed E-state index contributed by atoms with van der Waals surface area (Å²) in [5.74, 6) is 4.55. The lowest BCUT2D eigenvalue weighted by molar-refractivity contribution is 0.0855. The molecule has 0 aromatic rings. The van der Waals surface area contributed by atoms with E-state index in [-0.39, 0.29) is 17.7 Å². The average Bonchev–Trinajstić information content (AvgIpc) is 4.15. The third-order valence-electron chi connectivity index (χ3n) is 17.3. The van der Waals surface area contributed by atoms with Gasteiger partial charge in [0.25, 0.3) is 0 Å². The standard InChI is InChI=1S/2C27H40O3.H2O/c2*1-17(6-13-25(29)20-8-9-20)23-11-12-24-19(5-4-14-27(23,24)3)7-10-21-15-22(28)16-26(30)18(21)2;/h2*6-7,10,13,17,20,22-26,28-30H,2,4-5,8-9,11-12,14-16H2,1,3H3;1H2/b2*13-6+,19-7+,21-10-;/t2*17-,22-,23-,24+,25-,26+,27-;/m11./s1. The maximum atomic E-state index is 10.2. The molecule has 7 heteroatoms. The summed E-state index contributed by atoms with van der Waals surface area (Å²) in [6.45, 7) is 17.8. The van der Waals surface area contributed by atoms with Gasteiger partial charge >= 0.3 is 0 Å². The van der Waals surface area contributed by atoms with Gasteiger partial charge in [-0.25, -0.2) is 0 Å². The van der Waals surface area contributed by atoms with Crippen LogP contribution < -0.4 is 0 Å². The Labute approximate surface area is 368 Å². The van der Waals surface area contributed by atoms with Gasteiger partial charge in [0.1, 0.15) is 0 Å². The van der Waals surface area contributed by atoms with Gasteiger partial charge in [-0.15, -0.1) is 0 Å². The van der Waals surface area contributed by atoms with E-state index in [9.17, 15) is 30.6 Å². The molecule has 0 aromatic carbocycles. The SMILES string of the molecule is C=C1/C(=C\C=C2/CCC[C@]3(C)[C@@H]([C@H](C)/C=C/[C@@H](O)C4CC4)CC[C@@H]23)C[C@@H](O)C[C@@H]1O.C=C1/C(=C\C=C2/CCC[C@]3(C)[C@@H]([C@H](C)/C=C/[C@@H](O)C4CC4)CC[C@@H]23)C[C@@H](O)C[C@@H]1O.O. The minimum Gasteiger partial charge on any atom is -0.412 e. The minimum absolute atomic E-state index is 0. The molecular formula is C54H82O7. The summed E-state index contributed by atoms with van der Waals surface area (Å²) in [7, 11) is 0. The summed E-state index contributed by atoms with van der Waals surface area (Å²) in [6.07, 6.45) is 33.8. The zero-order valence-corrected chi connectivity index (χ0v) is 38.0. The Bertz CT molecular complexity index is 1620. The Balaban J connectivity index is 0.000000201. The smallest absolute Gasteiger partial charge is 0.0811 e. The highest BCUT2D eigenvalue weighted by molar-refractivity contribution is 5.40. The predicted molar refractivity (Wildman–Crippen MR) is 247 cm³/mol. The van der Waals surface area contributed by atoms with Gasteiger partial charge in [-0.2, -0.15) is 0 Å². The Morgan fingerprint density at radius 1 is 0.557 bits per heavy atom. The Morgan fingerprint density at radius 2 is 0.934 bits per heavy atom. The summed E-state index contributed by atoms with van der Waals surface area (Å²) in [5, 5.41) is 60.8. The maximum Gasteiger partial charge on any atom is 0.0811 e. The van der Waals surface area contributed by atoms with Gasteiger partial charge in [-0.1, -0.05) is 101 Å². The summed E-state index contributed by atoms with van der Waals surface area (Å²) in [4.78, 5) is 0. The second-order valence-electron chi connectivity index (χ2n) is 21.5. The number of aliphatic hydroxyl groups excluding tert-OH is 6. The van der Waals surface area contributed by atoms with Crippen molar-refractivity contribution < 1.29 is 36.1 Å². The first-order valence-electron chi connectivity index (χ1n) is 24.2. The molecule has 8 N–H and O–H groups in total. The zero-order valence-electron chi connectivity index (χ0n) is 38.0. The highest BCUT2D eigenvalue weighted by Gasteiger charge is 2.51. The fourth-order valence-corrected chi connectivity index (χ4v) is 13.3. The van der Waals surface area contributed by atoms with Crippen molar-refractivity contribution in [2.75, 3.05) is 0 Å². The number of hydrogen-bond donors (Lipinski definition) is 6. The van der Waals surface area contributed by atoms with Crippen molar-refractivity contribution in [2.24, 2.45) is 58.2 Å². The first kappa shape index (κ1) is 48.1. The molecule has 8 aliphatic carbocycles. The molecule has 0 heterocycles. The van der Waals surface area contributed by atoms with Crippen LogP contribution >= 0.6 is 0 Å². The molecule has 7 nitrogen and oxygen atoms in total. The molecule has 0 amide bonds. The summed E-state index contributed by atoms with van der Waals surface area (Å²) in [6, 6.07) is 0. The van der Waals surface area contributed by atoms with Gasteiger partial charge in [-0.3, -0.25) is 0 Å². The number of aliphatic hydroxyl groups is 6. The molecule has 8 saturated carbocycles. The first-order valence-corrected chi connectivity index (χ1v) is 24.2. The zero-order chi connectivity index (χ0) is 42.9. The normalized spacial score (nSPS) is 41.4. The van der Waals surface area contributed by atoms with Crippen molar-refractivity contribution in [3.05, 3.63) is 95.2 Å². The van der Waals surface area contributed by atoms with Crippen LogP contribution in [0.4, 0.5) is 0 Å². The molecule has 0 saturated heterocycles. The van der Waals surface area contributed by atoms with Crippen molar-refractivity contribution in [3.63, 3.8) is 0 Å². The van der Waals surface area contributed by atoms with E-state index < -0.39 is 24.4 Å². The number of allylic oxidation sites excluding steroid dienone is 8. The Hall–Kier alpha value is -2.36. The van der Waals surface area contributed by atoms with Crippen molar-refractivity contribution >= 4 is 0 Å². The number of hydrogen-bond acceptors (Lipinski definition) is 6. The molecule has 0 unspecified atom stereocenters. The van der Waals surface area contributed by atoms with Crippen LogP contribution in [-0.2, 0) is 0 Å². The average molecular weight is 843 g/mol. The van der Waals surface area contributed by atoms with Gasteiger partial charge in [0.05, 0.1) is 36.6 Å². The van der Waals surface area contributed by atoms with Crippen LogP contribution in [0, 0.1) is 58.2 Å². The quantitative estimate of drug-likeness (QED) is 0.121. The van der Waals surface area contributed by atoms with Crippen molar-refractivity contribution in [1.29, 1.82) is 0 Å². The lowest BCUT2D eigenvalue weighted by Crippen LogP contribution is -2.35. The molecule has 61 heavy (non-hydrogen) atoms. The summed E-state index contributed by atoms with van der Waals surface area (Å²) in [5.41, 5.74) is 7.26. The molecule has 0 spiro atoms. The second kappa shape index (κ2) is 20.2. The Morgan fingerprint density at radius 3 is 1.30 bits per heavy atom. The molecule has 8 aliphatic rings. The van der Waals surface area contributed by atoms with Crippen LogP contribution in [0.15, 0.2) is 95.2 Å². The van der Waals surface area contributed by atoms with Crippen LogP contribution in [0.1, 0.15) is 143 Å². The van der Waals surface area contributed by atoms with Gasteiger partial charge in [-0.05, 0) is 183 Å². The van der Waals surface area contributed by atoms with E-state index in [0.717, 1.165) is 35.1 Å². The molecular weight excluding hydrogens is 761 g/mol. The fraction of sp³-hybridized carbons (Fsp3) is 0.704. The highest BCUT2D eigenvalue weighted by atomic mass is 16.3. The first-order chi connectivity index (χ1) is 28.6. The second-order valence-corrected chi connectivity index (χ2v) is 21.5. The van der Waals surface area contributed by atoms with Crippen molar-refractivity contribution in [3.8, 4) is 0 Å². The van der Waals surface area contributed by atoms with E-state index in [0.29, 0.717) is 83.9 Å². The van der Waals surface area contributed by atoms with E-state index in [1.54, 1.807) is 0 Å². The van der Waals surface area contributed by atoms with Gasteiger partial charge in [0.15, 0.2) is 0 Å². The molecule has 0 bridgehead atoms. The van der Waals surface area contributed by atoms with E-state index >= 15 is 0 Å². The van der Waals surface area contributed by atoms with Crippen molar-refractivity contribution in [1.82, 2.24) is 0 Å². The Kier molecular flexibility index (Phi) is 15.9. The molecule has 8 rings (SSSR count). The lowest BCUT2D eigenvalue weighted by atomic mass is 9.61. The van der Waals surface area contributed by atoms with Gasteiger partial charge < -0.3 is 36.1 Å². The third kappa shape index (κ3) is 11.0. The molecule has 8 fully saturated rings. The highest BCUT2D eigenvalue weighted by Crippen LogP contribution is 2.61. The van der Waals surface area contributed by atoms with Crippen LogP contribution in [0.5, 0.6) is 0 Å². The molecule has 340 valence electrons. The molecule has 14 atom stereocenters.